The van der Waals surface area contributed by atoms with E-state index in [1.807, 2.05) is 12.3 Å². The van der Waals surface area contributed by atoms with Crippen molar-refractivity contribution in [2.75, 3.05) is 18.8 Å². The van der Waals surface area contributed by atoms with Gasteiger partial charge in [0.05, 0.1) is 12.2 Å². The smallest absolute Gasteiger partial charge is 0.242 e. The van der Waals surface area contributed by atoms with Crippen LogP contribution in [-0.4, -0.2) is 44.0 Å². The van der Waals surface area contributed by atoms with Gasteiger partial charge in [0.1, 0.15) is 12.4 Å². The molecular formula is C13H20N8O. The molecule has 2 aromatic heterocycles. The lowest BCUT2D eigenvalue weighted by atomic mass is 9.97. The summed E-state index contributed by atoms with van der Waals surface area (Å²) in [6.45, 7) is 2.48. The number of hydrogen-bond acceptors (Lipinski definition) is 6. The Morgan fingerprint density at radius 1 is 1.55 bits per heavy atom. The third kappa shape index (κ3) is 3.61. The third-order valence-corrected chi connectivity index (χ3v) is 3.68. The molecule has 0 saturated carbocycles. The molecule has 3 heterocycles. The average molecular weight is 304 g/mol. The molecule has 0 radical (unpaired) electrons. The van der Waals surface area contributed by atoms with Crippen molar-refractivity contribution in [1.82, 2.24) is 35.6 Å². The van der Waals surface area contributed by atoms with E-state index in [4.69, 9.17) is 5.73 Å². The van der Waals surface area contributed by atoms with E-state index in [0.717, 1.165) is 25.2 Å². The van der Waals surface area contributed by atoms with Gasteiger partial charge in [0.2, 0.25) is 11.9 Å². The van der Waals surface area contributed by atoms with Crippen molar-refractivity contribution in [2.45, 2.75) is 31.8 Å². The fourth-order valence-electron chi connectivity index (χ4n) is 2.56. The highest BCUT2D eigenvalue weighted by atomic mass is 16.2. The highest BCUT2D eigenvalue weighted by Gasteiger charge is 2.17. The number of amides is 1. The highest BCUT2D eigenvalue weighted by molar-refractivity contribution is 5.75. The Labute approximate surface area is 127 Å². The first-order valence-corrected chi connectivity index (χ1v) is 7.38. The molecule has 1 fully saturated rings. The zero-order chi connectivity index (χ0) is 15.4. The number of carbonyl (C=O) groups excluding carboxylic acids is 1. The van der Waals surface area contributed by atoms with Crippen LogP contribution in [0.4, 0.5) is 5.95 Å². The van der Waals surface area contributed by atoms with Crippen molar-refractivity contribution < 1.29 is 4.79 Å². The lowest BCUT2D eigenvalue weighted by Gasteiger charge is -2.20. The van der Waals surface area contributed by atoms with Crippen molar-refractivity contribution in [2.24, 2.45) is 0 Å². The van der Waals surface area contributed by atoms with Gasteiger partial charge in [-0.2, -0.15) is 10.1 Å². The zero-order valence-electron chi connectivity index (χ0n) is 12.2. The van der Waals surface area contributed by atoms with Crippen LogP contribution in [0.3, 0.4) is 0 Å². The Bertz CT molecular complexity index is 628. The van der Waals surface area contributed by atoms with Crippen molar-refractivity contribution in [3.05, 3.63) is 23.8 Å². The Morgan fingerprint density at radius 3 is 3.18 bits per heavy atom. The highest BCUT2D eigenvalue weighted by Crippen LogP contribution is 2.21. The number of hydrogen-bond donors (Lipinski definition) is 4. The molecule has 3 rings (SSSR count). The van der Waals surface area contributed by atoms with Crippen molar-refractivity contribution >= 4 is 11.9 Å². The third-order valence-electron chi connectivity index (χ3n) is 3.68. The summed E-state index contributed by atoms with van der Waals surface area (Å²) >= 11 is 0. The Balaban J connectivity index is 1.50. The lowest BCUT2D eigenvalue weighted by Crippen LogP contribution is -2.29. The molecule has 1 aliphatic heterocycles. The van der Waals surface area contributed by atoms with E-state index in [2.05, 4.69) is 30.9 Å². The van der Waals surface area contributed by atoms with Crippen LogP contribution < -0.4 is 16.4 Å². The van der Waals surface area contributed by atoms with Crippen LogP contribution in [0.15, 0.2) is 12.3 Å². The number of nitrogens with two attached hydrogens (primary N) is 1. The van der Waals surface area contributed by atoms with Crippen molar-refractivity contribution in [1.29, 1.82) is 0 Å². The number of rotatable bonds is 5. The second kappa shape index (κ2) is 6.56. The molecule has 1 atom stereocenters. The molecule has 1 saturated heterocycles. The molecule has 0 spiro atoms. The first kappa shape index (κ1) is 14.5. The number of carbonyl (C=O) groups is 1. The van der Waals surface area contributed by atoms with Gasteiger partial charge in [-0.05, 0) is 25.5 Å². The van der Waals surface area contributed by atoms with Gasteiger partial charge in [-0.15, -0.1) is 5.10 Å². The molecule has 0 aliphatic carbocycles. The predicted molar refractivity (Wildman–Crippen MR) is 79.7 cm³/mol. The van der Waals surface area contributed by atoms with E-state index >= 15 is 0 Å². The number of anilines is 1. The summed E-state index contributed by atoms with van der Waals surface area (Å²) in [4.78, 5) is 15.8. The van der Waals surface area contributed by atoms with Crippen LogP contribution in [-0.2, 0) is 17.9 Å². The van der Waals surface area contributed by atoms with Gasteiger partial charge >= 0.3 is 0 Å². The van der Waals surface area contributed by atoms with Gasteiger partial charge in [-0.3, -0.25) is 14.6 Å². The molecule has 9 nitrogen and oxygen atoms in total. The number of aromatic nitrogens is 5. The summed E-state index contributed by atoms with van der Waals surface area (Å²) in [6, 6.07) is 1.99. The maximum atomic E-state index is 11.9. The SMILES string of the molecule is Nc1n[nH]c(CNC(=O)Cn2ccc([C@H]3CCCNC3)n2)n1. The number of nitrogens with one attached hydrogen (secondary N) is 3. The van der Waals surface area contributed by atoms with Crippen LogP contribution in [0.1, 0.15) is 30.3 Å². The van der Waals surface area contributed by atoms with Crippen molar-refractivity contribution in [3.8, 4) is 0 Å². The number of nitrogens with zero attached hydrogens (tertiary/aromatic N) is 4. The molecule has 0 aromatic carbocycles. The maximum absolute atomic E-state index is 11.9. The molecule has 1 amide bonds. The molecule has 0 unspecified atom stereocenters. The largest absolute Gasteiger partial charge is 0.367 e. The minimum absolute atomic E-state index is 0.133. The second-order valence-corrected chi connectivity index (χ2v) is 5.40. The standard InChI is InChI=1S/C13H20N8O/c14-13-17-11(18-19-13)7-16-12(22)8-21-5-3-10(20-21)9-2-1-4-15-6-9/h3,5,9,15H,1-2,4,6-8H2,(H,16,22)(H3,14,17,18,19)/t9-/m0/s1. The molecule has 1 aliphatic rings. The quantitative estimate of drug-likeness (QED) is 0.582. The first-order chi connectivity index (χ1) is 10.7. The maximum Gasteiger partial charge on any atom is 0.242 e. The van der Waals surface area contributed by atoms with E-state index in [0.29, 0.717) is 11.7 Å². The predicted octanol–water partition coefficient (Wildman–Crippen LogP) is -0.633. The van der Waals surface area contributed by atoms with E-state index in [1.54, 1.807) is 4.68 Å². The van der Waals surface area contributed by atoms with E-state index in [-0.39, 0.29) is 24.9 Å². The van der Waals surface area contributed by atoms with Gasteiger partial charge in [0.15, 0.2) is 0 Å². The van der Waals surface area contributed by atoms with Gasteiger partial charge in [-0.1, -0.05) is 0 Å². The number of aromatic amines is 1. The van der Waals surface area contributed by atoms with Gasteiger partial charge in [0, 0.05) is 18.7 Å². The molecular weight excluding hydrogens is 284 g/mol. The fourth-order valence-corrected chi connectivity index (χ4v) is 2.56. The Hall–Kier alpha value is -2.42. The van der Waals surface area contributed by atoms with Crippen LogP contribution in [0.5, 0.6) is 0 Å². The zero-order valence-corrected chi connectivity index (χ0v) is 12.2. The molecule has 0 bridgehead atoms. The minimum atomic E-state index is -0.133. The summed E-state index contributed by atoms with van der Waals surface area (Å²) in [5, 5.41) is 17.0. The van der Waals surface area contributed by atoms with Crippen LogP contribution in [0.2, 0.25) is 0 Å². The topological polar surface area (TPSA) is 127 Å². The Morgan fingerprint density at radius 2 is 2.45 bits per heavy atom. The van der Waals surface area contributed by atoms with E-state index in [9.17, 15) is 4.79 Å². The number of H-pyrrole nitrogens is 1. The summed E-state index contributed by atoms with van der Waals surface area (Å²) in [5.41, 5.74) is 6.44. The van der Waals surface area contributed by atoms with Gasteiger partial charge < -0.3 is 16.4 Å². The summed E-state index contributed by atoms with van der Waals surface area (Å²) in [6.07, 6.45) is 4.15. The molecule has 22 heavy (non-hydrogen) atoms. The summed E-state index contributed by atoms with van der Waals surface area (Å²) in [7, 11) is 0. The summed E-state index contributed by atoms with van der Waals surface area (Å²) in [5.74, 6) is 1.00. The lowest BCUT2D eigenvalue weighted by molar-refractivity contribution is -0.122. The molecule has 9 heteroatoms. The Kier molecular flexibility index (Phi) is 4.33. The fraction of sp³-hybridized carbons (Fsp3) is 0.538. The summed E-state index contributed by atoms with van der Waals surface area (Å²) < 4.78 is 1.66. The van der Waals surface area contributed by atoms with E-state index < -0.39 is 0 Å². The van der Waals surface area contributed by atoms with Crippen LogP contribution >= 0.6 is 0 Å². The molecule has 118 valence electrons. The second-order valence-electron chi connectivity index (χ2n) is 5.40. The average Bonchev–Trinajstić information content (AvgIpc) is 3.15. The van der Waals surface area contributed by atoms with Gasteiger partial charge in [-0.25, -0.2) is 0 Å². The normalized spacial score (nSPS) is 18.3. The molecule has 5 N–H and O–H groups in total. The van der Waals surface area contributed by atoms with Crippen LogP contribution in [0, 0.1) is 0 Å². The van der Waals surface area contributed by atoms with Crippen molar-refractivity contribution in [3.63, 3.8) is 0 Å². The minimum Gasteiger partial charge on any atom is -0.367 e. The van der Waals surface area contributed by atoms with E-state index in [1.165, 1.54) is 6.42 Å². The number of piperidine rings is 1. The number of nitrogen functional groups attached to an aromatic ring is 1. The molecule has 2 aromatic rings. The first-order valence-electron chi connectivity index (χ1n) is 7.38. The van der Waals surface area contributed by atoms with Crippen LogP contribution in [0.25, 0.3) is 0 Å². The van der Waals surface area contributed by atoms with Gasteiger partial charge in [0.25, 0.3) is 0 Å². The monoisotopic (exact) mass is 304 g/mol.